The van der Waals surface area contributed by atoms with Crippen LogP contribution in [0.3, 0.4) is 0 Å². The summed E-state index contributed by atoms with van der Waals surface area (Å²) in [4.78, 5) is 16.7. The summed E-state index contributed by atoms with van der Waals surface area (Å²) in [5.41, 5.74) is 1.35. The highest BCUT2D eigenvalue weighted by Crippen LogP contribution is 2.32. The zero-order valence-corrected chi connectivity index (χ0v) is 23.1. The highest BCUT2D eigenvalue weighted by Gasteiger charge is 2.32. The number of amides is 1. The van der Waals surface area contributed by atoms with E-state index in [1.165, 1.54) is 22.5 Å². The molecule has 0 unspecified atom stereocenters. The largest absolute Gasteiger partial charge is 0.416 e. The summed E-state index contributed by atoms with van der Waals surface area (Å²) in [5.74, 6) is -0.360. The number of alkyl halides is 3. The van der Waals surface area contributed by atoms with Crippen LogP contribution in [-0.4, -0.2) is 56.3 Å². The van der Waals surface area contributed by atoms with Crippen molar-refractivity contribution in [2.75, 3.05) is 37.6 Å². The Morgan fingerprint density at radius 2 is 1.58 bits per heavy atom. The van der Waals surface area contributed by atoms with Crippen LogP contribution in [0.5, 0.6) is 0 Å². The molecule has 0 aliphatic carbocycles. The van der Waals surface area contributed by atoms with Crippen LogP contribution in [0, 0.1) is 6.92 Å². The van der Waals surface area contributed by atoms with Crippen molar-refractivity contribution in [3.05, 3.63) is 94.0 Å². The average Bonchev–Trinajstić information content (AvgIpc) is 2.89. The molecule has 0 saturated carbocycles. The summed E-state index contributed by atoms with van der Waals surface area (Å²) in [6, 6.07) is 18.8. The van der Waals surface area contributed by atoms with E-state index in [0.29, 0.717) is 18.8 Å². The monoisotopic (exact) mass is 609 g/mol. The molecule has 0 atom stereocenters. The number of carbonyl (C=O) groups is 1. The topological polar surface area (TPSA) is 60.9 Å². The van der Waals surface area contributed by atoms with Crippen molar-refractivity contribution in [1.29, 1.82) is 0 Å². The maximum absolute atomic E-state index is 13.5. The Morgan fingerprint density at radius 3 is 2.18 bits per heavy atom. The highest BCUT2D eigenvalue weighted by atomic mass is 79.9. The molecule has 3 aromatic rings. The summed E-state index contributed by atoms with van der Waals surface area (Å²) in [6.07, 6.45) is -4.44. The van der Waals surface area contributed by atoms with E-state index in [2.05, 4.69) is 15.9 Å². The minimum Gasteiger partial charge on any atom is -0.368 e. The van der Waals surface area contributed by atoms with E-state index in [4.69, 9.17) is 0 Å². The Hall–Kier alpha value is -2.89. The Labute approximate surface area is 228 Å². The number of nitrogens with zero attached hydrogens (tertiary/aromatic N) is 3. The second-order valence-corrected chi connectivity index (χ2v) is 12.0. The number of anilines is 1. The van der Waals surface area contributed by atoms with Gasteiger partial charge in [-0.25, -0.2) is 8.42 Å². The fraction of sp³-hybridized carbons (Fsp3) is 0.296. The molecule has 3 aromatic carbocycles. The molecule has 6 nitrogen and oxygen atoms in total. The van der Waals surface area contributed by atoms with E-state index in [1.54, 1.807) is 52.3 Å². The van der Waals surface area contributed by atoms with Crippen LogP contribution in [0.15, 0.2) is 82.2 Å². The van der Waals surface area contributed by atoms with E-state index < -0.39 is 21.8 Å². The van der Waals surface area contributed by atoms with Crippen molar-refractivity contribution in [1.82, 2.24) is 9.21 Å². The molecule has 0 spiro atoms. The van der Waals surface area contributed by atoms with Crippen molar-refractivity contribution in [2.24, 2.45) is 0 Å². The number of hydrogen-bond acceptors (Lipinski definition) is 4. The Bertz CT molecular complexity index is 1370. The minimum absolute atomic E-state index is 0.0133. The molecule has 4 rings (SSSR count). The van der Waals surface area contributed by atoms with Crippen LogP contribution in [0.2, 0.25) is 0 Å². The second-order valence-electron chi connectivity index (χ2n) is 9.13. The van der Waals surface area contributed by atoms with Gasteiger partial charge in [-0.3, -0.25) is 4.79 Å². The minimum atomic E-state index is -4.44. The molecule has 0 N–H and O–H groups in total. The Morgan fingerprint density at radius 1 is 0.947 bits per heavy atom. The third kappa shape index (κ3) is 6.75. The smallest absolute Gasteiger partial charge is 0.368 e. The molecule has 202 valence electrons. The predicted molar refractivity (Wildman–Crippen MR) is 143 cm³/mol. The van der Waals surface area contributed by atoms with Gasteiger partial charge in [0.25, 0.3) is 0 Å². The lowest BCUT2D eigenvalue weighted by atomic mass is 10.1. The third-order valence-corrected chi connectivity index (χ3v) is 8.75. The molecule has 0 bridgehead atoms. The van der Waals surface area contributed by atoms with Gasteiger partial charge >= 0.3 is 6.18 Å². The molecule has 0 radical (unpaired) electrons. The molecule has 1 saturated heterocycles. The Kier molecular flexibility index (Phi) is 8.49. The van der Waals surface area contributed by atoms with Gasteiger partial charge in [-0.1, -0.05) is 51.8 Å². The van der Waals surface area contributed by atoms with Gasteiger partial charge in [0.2, 0.25) is 15.9 Å². The van der Waals surface area contributed by atoms with Crippen molar-refractivity contribution in [2.45, 2.75) is 24.5 Å². The second kappa shape index (κ2) is 11.5. The summed E-state index contributed by atoms with van der Waals surface area (Å²) >= 11 is 3.37. The lowest BCUT2D eigenvalue weighted by Crippen LogP contribution is -2.51. The van der Waals surface area contributed by atoms with Gasteiger partial charge in [0.1, 0.15) is 0 Å². The number of piperazine rings is 1. The van der Waals surface area contributed by atoms with E-state index in [1.807, 2.05) is 6.92 Å². The van der Waals surface area contributed by atoms with Crippen LogP contribution < -0.4 is 4.90 Å². The summed E-state index contributed by atoms with van der Waals surface area (Å²) in [6.45, 7) is 2.74. The van der Waals surface area contributed by atoms with Crippen molar-refractivity contribution < 1.29 is 26.4 Å². The van der Waals surface area contributed by atoms with Crippen molar-refractivity contribution >= 4 is 37.5 Å². The zero-order valence-electron chi connectivity index (χ0n) is 20.7. The third-order valence-electron chi connectivity index (χ3n) is 6.41. The Balaban J connectivity index is 1.48. The fourth-order valence-electron chi connectivity index (χ4n) is 4.22. The van der Waals surface area contributed by atoms with Gasteiger partial charge in [-0.05, 0) is 55.0 Å². The number of benzene rings is 3. The molecule has 1 aliphatic rings. The van der Waals surface area contributed by atoms with Crippen molar-refractivity contribution in [3.63, 3.8) is 0 Å². The first kappa shape index (κ1) is 28.1. The van der Waals surface area contributed by atoms with Gasteiger partial charge in [0, 0.05) is 42.9 Å². The van der Waals surface area contributed by atoms with E-state index in [0.717, 1.165) is 27.7 Å². The zero-order chi connectivity index (χ0) is 27.5. The first-order valence-electron chi connectivity index (χ1n) is 11.9. The number of carbonyl (C=O) groups excluding carboxylic acids is 1. The van der Waals surface area contributed by atoms with Crippen LogP contribution in [-0.2, 0) is 27.5 Å². The SMILES string of the molecule is Cc1ccc(S(=O)(=O)N(CC(=O)N2CCN(c3cccc(C(F)(F)F)c3)CC2)Cc2ccc(Br)cc2)cc1. The van der Waals surface area contributed by atoms with E-state index in [-0.39, 0.29) is 37.0 Å². The van der Waals surface area contributed by atoms with Gasteiger partial charge in [0.05, 0.1) is 17.0 Å². The molecule has 1 fully saturated rings. The lowest BCUT2D eigenvalue weighted by molar-refractivity contribution is -0.137. The molecule has 38 heavy (non-hydrogen) atoms. The van der Waals surface area contributed by atoms with Gasteiger partial charge in [0.15, 0.2) is 0 Å². The maximum atomic E-state index is 13.5. The highest BCUT2D eigenvalue weighted by molar-refractivity contribution is 9.10. The maximum Gasteiger partial charge on any atom is 0.416 e. The number of halogens is 4. The molecule has 1 amide bonds. The summed E-state index contributed by atoms with van der Waals surface area (Å²) in [5, 5.41) is 0. The summed E-state index contributed by atoms with van der Waals surface area (Å²) in [7, 11) is -3.98. The van der Waals surface area contributed by atoms with Crippen LogP contribution in [0.25, 0.3) is 0 Å². The van der Waals surface area contributed by atoms with Crippen LogP contribution in [0.4, 0.5) is 18.9 Å². The number of rotatable bonds is 7. The average molecular weight is 610 g/mol. The molecular weight excluding hydrogens is 583 g/mol. The first-order valence-corrected chi connectivity index (χ1v) is 14.2. The predicted octanol–water partition coefficient (Wildman–Crippen LogP) is 5.32. The molecule has 11 heteroatoms. The fourth-order valence-corrected chi connectivity index (χ4v) is 5.86. The van der Waals surface area contributed by atoms with E-state index in [9.17, 15) is 26.4 Å². The number of sulfonamides is 1. The normalized spacial score (nSPS) is 14.7. The van der Waals surface area contributed by atoms with Gasteiger partial charge in [-0.15, -0.1) is 0 Å². The van der Waals surface area contributed by atoms with Crippen LogP contribution in [0.1, 0.15) is 16.7 Å². The molecular formula is C27H27BrF3N3O3S. The van der Waals surface area contributed by atoms with Gasteiger partial charge in [-0.2, -0.15) is 17.5 Å². The van der Waals surface area contributed by atoms with E-state index >= 15 is 0 Å². The molecule has 0 aromatic heterocycles. The lowest BCUT2D eigenvalue weighted by Gasteiger charge is -2.37. The number of aryl methyl sites for hydroxylation is 1. The molecule has 1 heterocycles. The van der Waals surface area contributed by atoms with Crippen LogP contribution >= 0.6 is 15.9 Å². The first-order chi connectivity index (χ1) is 17.9. The summed E-state index contributed by atoms with van der Waals surface area (Å²) < 4.78 is 68.4. The standard InChI is InChI=1S/C27H27BrF3N3O3S/c1-20-5-11-25(12-6-20)38(36,37)34(18-21-7-9-23(28)10-8-21)19-26(35)33-15-13-32(14-16-33)24-4-2-3-22(17-24)27(29,30)31/h2-12,17H,13-16,18-19H2,1H3. The number of hydrogen-bond donors (Lipinski definition) is 0. The van der Waals surface area contributed by atoms with Gasteiger partial charge < -0.3 is 9.80 Å². The quantitative estimate of drug-likeness (QED) is 0.364. The molecule has 1 aliphatic heterocycles. The van der Waals surface area contributed by atoms with Crippen molar-refractivity contribution in [3.8, 4) is 0 Å².